The zero-order chi connectivity index (χ0) is 11.0. The summed E-state index contributed by atoms with van der Waals surface area (Å²) in [6.07, 6.45) is 0.939. The van der Waals surface area contributed by atoms with Crippen LogP contribution in [0.2, 0.25) is 0 Å². The van der Waals surface area contributed by atoms with Gasteiger partial charge in [-0.3, -0.25) is 4.79 Å². The lowest BCUT2D eigenvalue weighted by Crippen LogP contribution is -2.32. The van der Waals surface area contributed by atoms with Crippen LogP contribution in [0.25, 0.3) is 0 Å². The fraction of sp³-hybridized carbons (Fsp3) is 0.417. The Labute approximate surface area is 89.9 Å². The quantitative estimate of drug-likeness (QED) is 0.709. The first kappa shape index (κ1) is 10.0. The number of hydrogen-bond donors (Lipinski definition) is 1. The molecule has 0 bridgehead atoms. The molecule has 0 saturated heterocycles. The maximum atomic E-state index is 11.9. The molecule has 1 aromatic carbocycles. The average molecular weight is 204 g/mol. The van der Waals surface area contributed by atoms with E-state index >= 15 is 0 Å². The second-order valence-corrected chi connectivity index (χ2v) is 4.28. The third-order valence-electron chi connectivity index (χ3n) is 2.76. The van der Waals surface area contributed by atoms with Gasteiger partial charge in [0.2, 0.25) is 5.91 Å². The molecule has 0 radical (unpaired) electrons. The molecule has 1 aromatic rings. The van der Waals surface area contributed by atoms with Gasteiger partial charge >= 0.3 is 0 Å². The Balaban J connectivity index is 2.35. The summed E-state index contributed by atoms with van der Waals surface area (Å²) in [6, 6.07) is 5.79. The number of rotatable bonds is 1. The summed E-state index contributed by atoms with van der Waals surface area (Å²) < 4.78 is 0. The normalized spacial score (nSPS) is 14.5. The van der Waals surface area contributed by atoms with Crippen molar-refractivity contribution in [2.45, 2.75) is 20.3 Å². The fourth-order valence-electron chi connectivity index (χ4n) is 1.94. The first-order valence-electron chi connectivity index (χ1n) is 5.29. The molecule has 0 unspecified atom stereocenters. The van der Waals surface area contributed by atoms with Crippen LogP contribution in [0.5, 0.6) is 0 Å². The number of carbonyl (C=O) groups is 1. The number of carbonyl (C=O) groups excluding carboxylic acids is 1. The van der Waals surface area contributed by atoms with E-state index in [9.17, 15) is 4.79 Å². The Hall–Kier alpha value is -1.51. The standard InChI is InChI=1S/C12H16N2O/c1-8(2)12(15)14-6-5-9-3-4-10(13)7-11(9)14/h3-4,7-8H,5-6,13H2,1-2H3. The predicted molar refractivity (Wildman–Crippen MR) is 61.7 cm³/mol. The second kappa shape index (κ2) is 3.57. The average Bonchev–Trinajstić information content (AvgIpc) is 2.59. The molecule has 0 spiro atoms. The number of hydrogen-bond acceptors (Lipinski definition) is 2. The van der Waals surface area contributed by atoms with E-state index in [1.807, 2.05) is 36.9 Å². The van der Waals surface area contributed by atoms with Gasteiger partial charge in [-0.25, -0.2) is 0 Å². The first-order chi connectivity index (χ1) is 7.09. The minimum atomic E-state index is 0.0392. The number of amides is 1. The summed E-state index contributed by atoms with van der Waals surface area (Å²) in [4.78, 5) is 13.7. The van der Waals surface area contributed by atoms with Gasteiger partial charge < -0.3 is 10.6 Å². The lowest BCUT2D eigenvalue weighted by molar-refractivity contribution is -0.121. The Morgan fingerprint density at radius 3 is 2.87 bits per heavy atom. The highest BCUT2D eigenvalue weighted by atomic mass is 16.2. The highest BCUT2D eigenvalue weighted by Gasteiger charge is 2.25. The number of nitrogen functional groups attached to an aromatic ring is 1. The highest BCUT2D eigenvalue weighted by Crippen LogP contribution is 2.30. The van der Waals surface area contributed by atoms with E-state index in [-0.39, 0.29) is 11.8 Å². The molecule has 80 valence electrons. The summed E-state index contributed by atoms with van der Waals surface area (Å²) >= 11 is 0. The minimum Gasteiger partial charge on any atom is -0.399 e. The van der Waals surface area contributed by atoms with Crippen LogP contribution < -0.4 is 10.6 Å². The van der Waals surface area contributed by atoms with Crippen molar-refractivity contribution in [1.82, 2.24) is 0 Å². The molecule has 0 atom stereocenters. The molecule has 0 aromatic heterocycles. The Morgan fingerprint density at radius 1 is 1.47 bits per heavy atom. The molecule has 2 N–H and O–H groups in total. The minimum absolute atomic E-state index is 0.0392. The van der Waals surface area contributed by atoms with Crippen LogP contribution in [-0.4, -0.2) is 12.5 Å². The molecule has 3 heteroatoms. The van der Waals surface area contributed by atoms with Gasteiger partial charge in [-0.15, -0.1) is 0 Å². The summed E-state index contributed by atoms with van der Waals surface area (Å²) in [5.74, 6) is 0.219. The van der Waals surface area contributed by atoms with Gasteiger partial charge in [0.15, 0.2) is 0 Å². The van der Waals surface area contributed by atoms with E-state index in [1.54, 1.807) is 0 Å². The number of anilines is 2. The van der Waals surface area contributed by atoms with Crippen LogP contribution in [-0.2, 0) is 11.2 Å². The van der Waals surface area contributed by atoms with Crippen LogP contribution in [0.15, 0.2) is 18.2 Å². The van der Waals surface area contributed by atoms with Crippen LogP contribution >= 0.6 is 0 Å². The Morgan fingerprint density at radius 2 is 2.20 bits per heavy atom. The zero-order valence-electron chi connectivity index (χ0n) is 9.16. The number of nitrogens with two attached hydrogens (primary N) is 1. The van der Waals surface area contributed by atoms with Crippen LogP contribution in [0.1, 0.15) is 19.4 Å². The summed E-state index contributed by atoms with van der Waals surface area (Å²) in [7, 11) is 0. The maximum Gasteiger partial charge on any atom is 0.229 e. The molecule has 0 fully saturated rings. The van der Waals surface area contributed by atoms with Gasteiger partial charge in [-0.1, -0.05) is 19.9 Å². The smallest absolute Gasteiger partial charge is 0.229 e. The topological polar surface area (TPSA) is 46.3 Å². The van der Waals surface area contributed by atoms with Crippen molar-refractivity contribution in [3.05, 3.63) is 23.8 Å². The van der Waals surface area contributed by atoms with E-state index < -0.39 is 0 Å². The number of nitrogens with zero attached hydrogens (tertiary/aromatic N) is 1. The van der Waals surface area contributed by atoms with Crippen molar-refractivity contribution in [3.8, 4) is 0 Å². The highest BCUT2D eigenvalue weighted by molar-refractivity contribution is 5.97. The van der Waals surface area contributed by atoms with Crippen LogP contribution in [0, 0.1) is 5.92 Å². The first-order valence-corrected chi connectivity index (χ1v) is 5.29. The second-order valence-electron chi connectivity index (χ2n) is 4.28. The van der Waals surface area contributed by atoms with Crippen LogP contribution in [0.4, 0.5) is 11.4 Å². The molecule has 0 saturated carbocycles. The van der Waals surface area contributed by atoms with Crippen LogP contribution in [0.3, 0.4) is 0 Å². The van der Waals surface area contributed by atoms with Crippen molar-refractivity contribution in [3.63, 3.8) is 0 Å². The van der Waals surface area contributed by atoms with E-state index in [4.69, 9.17) is 5.73 Å². The molecule has 1 amide bonds. The summed E-state index contributed by atoms with van der Waals surface area (Å²) in [5, 5.41) is 0. The van der Waals surface area contributed by atoms with Crippen molar-refractivity contribution in [2.24, 2.45) is 5.92 Å². The van der Waals surface area contributed by atoms with E-state index in [1.165, 1.54) is 5.56 Å². The summed E-state index contributed by atoms with van der Waals surface area (Å²) in [6.45, 7) is 4.63. The van der Waals surface area contributed by atoms with Gasteiger partial charge in [-0.05, 0) is 24.1 Å². The fourth-order valence-corrected chi connectivity index (χ4v) is 1.94. The van der Waals surface area contributed by atoms with Gasteiger partial charge in [0.05, 0.1) is 0 Å². The zero-order valence-corrected chi connectivity index (χ0v) is 9.16. The van der Waals surface area contributed by atoms with Gasteiger partial charge in [0.1, 0.15) is 0 Å². The Kier molecular flexibility index (Phi) is 2.39. The SMILES string of the molecule is CC(C)C(=O)N1CCc2ccc(N)cc21. The van der Waals surface area contributed by atoms with Crippen molar-refractivity contribution < 1.29 is 4.79 Å². The van der Waals surface area contributed by atoms with Crippen molar-refractivity contribution >= 4 is 17.3 Å². The molecule has 1 aliphatic rings. The van der Waals surface area contributed by atoms with Gasteiger partial charge in [0, 0.05) is 23.8 Å². The van der Waals surface area contributed by atoms with Gasteiger partial charge in [0.25, 0.3) is 0 Å². The Bertz CT molecular complexity index is 399. The number of benzene rings is 1. The van der Waals surface area contributed by atoms with E-state index in [0.29, 0.717) is 0 Å². The lowest BCUT2D eigenvalue weighted by Gasteiger charge is -2.19. The molecule has 3 nitrogen and oxygen atoms in total. The third kappa shape index (κ3) is 1.69. The summed E-state index contributed by atoms with van der Waals surface area (Å²) in [5.41, 5.74) is 8.67. The van der Waals surface area contributed by atoms with E-state index in [2.05, 4.69) is 0 Å². The molecule has 0 aliphatic carbocycles. The van der Waals surface area contributed by atoms with Crippen molar-refractivity contribution in [1.29, 1.82) is 0 Å². The third-order valence-corrected chi connectivity index (χ3v) is 2.76. The molecular formula is C12H16N2O. The molecule has 2 rings (SSSR count). The van der Waals surface area contributed by atoms with Gasteiger partial charge in [-0.2, -0.15) is 0 Å². The monoisotopic (exact) mass is 204 g/mol. The largest absolute Gasteiger partial charge is 0.399 e. The van der Waals surface area contributed by atoms with Crippen molar-refractivity contribution in [2.75, 3.05) is 17.2 Å². The molecule has 15 heavy (non-hydrogen) atoms. The lowest BCUT2D eigenvalue weighted by atomic mass is 10.1. The molecule has 1 aliphatic heterocycles. The molecular weight excluding hydrogens is 188 g/mol. The number of fused-ring (bicyclic) bond motifs is 1. The molecule has 1 heterocycles. The van der Waals surface area contributed by atoms with E-state index in [0.717, 1.165) is 24.3 Å². The maximum absolute atomic E-state index is 11.9. The predicted octanol–water partition coefficient (Wildman–Crippen LogP) is 1.81.